The predicted octanol–water partition coefficient (Wildman–Crippen LogP) is 4.44. The number of aromatic nitrogens is 1. The molecule has 0 radical (unpaired) electrons. The smallest absolute Gasteiger partial charge is 0.277 e. The van der Waals surface area contributed by atoms with E-state index in [0.717, 1.165) is 52.5 Å². The number of nitriles is 1. The molecule has 0 unspecified atom stereocenters. The molecular formula is C25H26N4O3S. The van der Waals surface area contributed by atoms with E-state index in [1.807, 2.05) is 19.9 Å². The highest BCUT2D eigenvalue weighted by atomic mass is 32.1. The maximum absolute atomic E-state index is 12.1. The predicted molar refractivity (Wildman–Crippen MR) is 129 cm³/mol. The van der Waals surface area contributed by atoms with Crippen molar-refractivity contribution in [2.75, 3.05) is 13.7 Å². The number of ether oxygens (including phenoxy) is 2. The molecule has 2 aromatic heterocycles. The lowest BCUT2D eigenvalue weighted by atomic mass is 9.96. The van der Waals surface area contributed by atoms with Crippen molar-refractivity contribution in [3.63, 3.8) is 0 Å². The molecule has 170 valence electrons. The molecule has 0 aliphatic heterocycles. The van der Waals surface area contributed by atoms with Crippen molar-refractivity contribution in [3.05, 3.63) is 63.3 Å². The lowest BCUT2D eigenvalue weighted by Gasteiger charge is -2.10. The Kier molecular flexibility index (Phi) is 6.80. The first-order valence-electron chi connectivity index (χ1n) is 10.8. The Hall–Kier alpha value is -3.57. The number of carbonyl (C=O) groups excluding carboxylic acids is 1. The van der Waals surface area contributed by atoms with Crippen LogP contribution in [0, 0.1) is 25.2 Å². The maximum Gasteiger partial charge on any atom is 0.277 e. The number of methoxy groups -OCH3 is 1. The highest BCUT2D eigenvalue weighted by Crippen LogP contribution is 2.38. The summed E-state index contributed by atoms with van der Waals surface area (Å²) in [6.07, 6.45) is 5.98. The highest BCUT2D eigenvalue weighted by molar-refractivity contribution is 7.15. The standard InChI is InChI=1S/C25H26N4O3S/c1-16-12-18(14-27-28-24(30)15-32-20-10-8-19(31-3)9-11-20)17(2)29(16)25-22(13-26)21-6-4-5-7-23(21)33-25/h8-12,14H,4-7,15H2,1-3H3,(H,28,30)/b27-14-. The van der Waals surface area contributed by atoms with Crippen molar-refractivity contribution < 1.29 is 14.3 Å². The van der Waals surface area contributed by atoms with Crippen LogP contribution in [-0.4, -0.2) is 30.4 Å². The summed E-state index contributed by atoms with van der Waals surface area (Å²) >= 11 is 1.72. The molecule has 4 rings (SSSR count). The summed E-state index contributed by atoms with van der Waals surface area (Å²) in [4.78, 5) is 13.4. The molecular weight excluding hydrogens is 436 g/mol. The fourth-order valence-electron chi connectivity index (χ4n) is 4.08. The molecule has 0 fully saturated rings. The molecule has 1 amide bonds. The van der Waals surface area contributed by atoms with E-state index in [9.17, 15) is 10.1 Å². The van der Waals surface area contributed by atoms with Gasteiger partial charge in [0.05, 0.1) is 18.9 Å². The number of carbonyl (C=O) groups is 1. The van der Waals surface area contributed by atoms with Crippen molar-refractivity contribution in [3.8, 4) is 22.6 Å². The number of fused-ring (bicyclic) bond motifs is 1. The minimum absolute atomic E-state index is 0.144. The molecule has 7 nitrogen and oxygen atoms in total. The van der Waals surface area contributed by atoms with Gasteiger partial charge in [-0.25, -0.2) is 5.43 Å². The molecule has 0 atom stereocenters. The molecule has 0 saturated carbocycles. The summed E-state index contributed by atoms with van der Waals surface area (Å²) < 4.78 is 12.7. The fourth-order valence-corrected chi connectivity index (χ4v) is 5.53. The molecule has 8 heteroatoms. The topological polar surface area (TPSA) is 88.6 Å². The highest BCUT2D eigenvalue weighted by Gasteiger charge is 2.23. The first-order chi connectivity index (χ1) is 16.0. The molecule has 0 saturated heterocycles. The van der Waals surface area contributed by atoms with Crippen LogP contribution in [0.2, 0.25) is 0 Å². The summed E-state index contributed by atoms with van der Waals surface area (Å²) in [5.74, 6) is 0.942. The van der Waals surface area contributed by atoms with E-state index >= 15 is 0 Å². The number of benzene rings is 1. The number of nitrogens with one attached hydrogen (secondary N) is 1. The Morgan fingerprint density at radius 3 is 2.70 bits per heavy atom. The third-order valence-corrected chi connectivity index (χ3v) is 7.04. The van der Waals surface area contributed by atoms with Gasteiger partial charge in [-0.1, -0.05) is 0 Å². The molecule has 1 aromatic carbocycles. The zero-order chi connectivity index (χ0) is 23.4. The summed E-state index contributed by atoms with van der Waals surface area (Å²) in [5, 5.41) is 14.9. The van der Waals surface area contributed by atoms with Crippen molar-refractivity contribution >= 4 is 23.5 Å². The van der Waals surface area contributed by atoms with Crippen LogP contribution in [0.5, 0.6) is 11.5 Å². The van der Waals surface area contributed by atoms with Gasteiger partial charge in [0.25, 0.3) is 5.91 Å². The zero-order valence-electron chi connectivity index (χ0n) is 19.0. The number of aryl methyl sites for hydroxylation is 2. The second kappa shape index (κ2) is 9.92. The molecule has 2 heterocycles. The van der Waals surface area contributed by atoms with E-state index in [0.29, 0.717) is 5.75 Å². The SMILES string of the molecule is COc1ccc(OCC(=O)N/N=C\c2cc(C)n(-c3sc4c(c3C#N)CCCC4)c2C)cc1. The Morgan fingerprint density at radius 2 is 1.97 bits per heavy atom. The van der Waals surface area contributed by atoms with Crippen molar-refractivity contribution in [1.82, 2.24) is 9.99 Å². The van der Waals surface area contributed by atoms with Crippen LogP contribution < -0.4 is 14.9 Å². The van der Waals surface area contributed by atoms with E-state index in [2.05, 4.69) is 21.2 Å². The van der Waals surface area contributed by atoms with Gasteiger partial charge < -0.3 is 14.0 Å². The second-order valence-corrected chi connectivity index (χ2v) is 9.01. The van der Waals surface area contributed by atoms with E-state index in [-0.39, 0.29) is 12.5 Å². The fraction of sp³-hybridized carbons (Fsp3) is 0.320. The molecule has 0 spiro atoms. The molecule has 1 N–H and O–H groups in total. The van der Waals surface area contributed by atoms with Gasteiger partial charge in [0.2, 0.25) is 0 Å². The van der Waals surface area contributed by atoms with Crippen molar-refractivity contribution in [2.45, 2.75) is 39.5 Å². The summed E-state index contributed by atoms with van der Waals surface area (Å²) in [6, 6.07) is 11.5. The second-order valence-electron chi connectivity index (χ2n) is 7.92. The van der Waals surface area contributed by atoms with E-state index < -0.39 is 0 Å². The van der Waals surface area contributed by atoms with Gasteiger partial charge in [0.15, 0.2) is 6.61 Å². The first kappa shape index (κ1) is 22.6. The van der Waals surface area contributed by atoms with Gasteiger partial charge in [0.1, 0.15) is 22.6 Å². The summed E-state index contributed by atoms with van der Waals surface area (Å²) in [7, 11) is 1.59. The largest absolute Gasteiger partial charge is 0.497 e. The maximum atomic E-state index is 12.1. The van der Waals surface area contributed by atoms with Gasteiger partial charge in [0, 0.05) is 21.8 Å². The average molecular weight is 463 g/mol. The lowest BCUT2D eigenvalue weighted by Crippen LogP contribution is -2.24. The molecule has 3 aromatic rings. The third-order valence-electron chi connectivity index (χ3n) is 5.76. The summed E-state index contributed by atoms with van der Waals surface area (Å²) in [5.41, 5.74) is 7.41. The quantitative estimate of drug-likeness (QED) is 0.415. The van der Waals surface area contributed by atoms with Gasteiger partial charge in [-0.15, -0.1) is 11.3 Å². The van der Waals surface area contributed by atoms with E-state index in [4.69, 9.17) is 9.47 Å². The van der Waals surface area contributed by atoms with Crippen LogP contribution in [0.25, 0.3) is 5.00 Å². The normalized spacial score (nSPS) is 12.9. The van der Waals surface area contributed by atoms with Crippen molar-refractivity contribution in [1.29, 1.82) is 5.26 Å². The molecule has 1 aliphatic rings. The lowest BCUT2D eigenvalue weighted by molar-refractivity contribution is -0.123. The average Bonchev–Trinajstić information content (AvgIpc) is 3.33. The Balaban J connectivity index is 1.43. The number of rotatable bonds is 7. The van der Waals surface area contributed by atoms with Gasteiger partial charge in [-0.3, -0.25) is 4.79 Å². The van der Waals surface area contributed by atoms with E-state index in [1.54, 1.807) is 48.9 Å². The number of thiophene rings is 1. The molecule has 1 aliphatic carbocycles. The van der Waals surface area contributed by atoms with E-state index in [1.165, 1.54) is 16.9 Å². The number of amides is 1. The minimum atomic E-state index is -0.353. The Bertz CT molecular complexity index is 1230. The number of nitrogens with zero attached hydrogens (tertiary/aromatic N) is 3. The number of hydrazone groups is 1. The minimum Gasteiger partial charge on any atom is -0.497 e. The molecule has 0 bridgehead atoms. The van der Waals surface area contributed by atoms with Crippen LogP contribution in [0.15, 0.2) is 35.4 Å². The third kappa shape index (κ3) is 4.78. The van der Waals surface area contributed by atoms with Gasteiger partial charge in [-0.05, 0) is 75.4 Å². The van der Waals surface area contributed by atoms with Gasteiger partial charge in [-0.2, -0.15) is 10.4 Å². The summed E-state index contributed by atoms with van der Waals surface area (Å²) in [6.45, 7) is 3.88. The Morgan fingerprint density at radius 1 is 1.24 bits per heavy atom. The van der Waals surface area contributed by atoms with Crippen LogP contribution >= 0.6 is 11.3 Å². The van der Waals surface area contributed by atoms with Crippen LogP contribution in [0.1, 0.15) is 45.8 Å². The monoisotopic (exact) mass is 462 g/mol. The number of hydrogen-bond donors (Lipinski definition) is 1. The van der Waals surface area contributed by atoms with Crippen LogP contribution in [0.4, 0.5) is 0 Å². The van der Waals surface area contributed by atoms with Crippen LogP contribution in [-0.2, 0) is 17.6 Å². The van der Waals surface area contributed by atoms with Crippen molar-refractivity contribution in [2.24, 2.45) is 5.10 Å². The Labute approximate surface area is 197 Å². The zero-order valence-corrected chi connectivity index (χ0v) is 19.8. The molecule has 33 heavy (non-hydrogen) atoms. The van der Waals surface area contributed by atoms with Crippen LogP contribution in [0.3, 0.4) is 0 Å². The number of hydrogen-bond acceptors (Lipinski definition) is 6. The van der Waals surface area contributed by atoms with Gasteiger partial charge >= 0.3 is 0 Å². The first-order valence-corrected chi connectivity index (χ1v) is 11.7.